The molecule has 0 aliphatic carbocycles. The number of carbonyl (C=O) groups is 2. The normalized spacial score (nSPS) is 19.3. The largest absolute Gasteiger partial charge is 0.339 e. The number of rotatable bonds is 2. The molecule has 0 atom stereocenters. The van der Waals surface area contributed by atoms with Crippen molar-refractivity contribution in [3.8, 4) is 0 Å². The number of halogens is 1. The van der Waals surface area contributed by atoms with E-state index in [9.17, 15) is 9.59 Å². The monoisotopic (exact) mass is 351 g/mol. The molecule has 2 saturated heterocycles. The summed E-state index contributed by atoms with van der Waals surface area (Å²) >= 11 is 3.37. The Labute approximate surface area is 132 Å². The van der Waals surface area contributed by atoms with Gasteiger partial charge in [-0.15, -0.1) is 0 Å². The molecule has 2 amide bonds. The van der Waals surface area contributed by atoms with E-state index in [0.717, 1.165) is 17.6 Å². The molecule has 21 heavy (non-hydrogen) atoms. The lowest BCUT2D eigenvalue weighted by molar-refractivity contribution is -0.138. The molecule has 0 spiro atoms. The maximum atomic E-state index is 12.4. The third-order valence-electron chi connectivity index (χ3n) is 4.10. The molecule has 6 heteroatoms. The lowest BCUT2D eigenvalue weighted by Crippen LogP contribution is -2.57. The van der Waals surface area contributed by atoms with E-state index in [2.05, 4.69) is 21.2 Å². The maximum absolute atomic E-state index is 12.4. The molecular formula is C15H18BrN3O2. The Bertz CT molecular complexity index is 534. The number of nitrogens with zero attached hydrogens (tertiary/aromatic N) is 2. The number of hydrogen-bond donors (Lipinski definition) is 1. The quantitative estimate of drug-likeness (QED) is 0.863. The van der Waals surface area contributed by atoms with E-state index < -0.39 is 0 Å². The number of amides is 2. The van der Waals surface area contributed by atoms with Crippen molar-refractivity contribution >= 4 is 27.7 Å². The maximum Gasteiger partial charge on any atom is 0.253 e. The summed E-state index contributed by atoms with van der Waals surface area (Å²) in [6.45, 7) is 4.07. The fourth-order valence-electron chi connectivity index (χ4n) is 2.63. The van der Waals surface area contributed by atoms with Crippen LogP contribution in [0.4, 0.5) is 0 Å². The van der Waals surface area contributed by atoms with E-state index in [0.29, 0.717) is 31.7 Å². The number of hydrogen-bond acceptors (Lipinski definition) is 3. The Balaban J connectivity index is 1.56. The molecule has 0 aromatic heterocycles. The molecule has 0 unspecified atom stereocenters. The number of benzene rings is 1. The van der Waals surface area contributed by atoms with Gasteiger partial charge in [-0.25, -0.2) is 0 Å². The first-order valence-electron chi connectivity index (χ1n) is 7.19. The molecule has 1 N–H and O–H groups in total. The van der Waals surface area contributed by atoms with E-state index in [-0.39, 0.29) is 17.7 Å². The number of nitrogens with one attached hydrogen (secondary N) is 1. The van der Waals surface area contributed by atoms with Crippen LogP contribution in [0.5, 0.6) is 0 Å². The van der Waals surface area contributed by atoms with Gasteiger partial charge in [0.25, 0.3) is 5.91 Å². The van der Waals surface area contributed by atoms with Gasteiger partial charge in [0.15, 0.2) is 0 Å². The second-order valence-electron chi connectivity index (χ2n) is 5.48. The van der Waals surface area contributed by atoms with Crippen LogP contribution in [0.25, 0.3) is 0 Å². The lowest BCUT2D eigenvalue weighted by Gasteiger charge is -2.38. The summed E-state index contributed by atoms with van der Waals surface area (Å²) in [6.07, 6.45) is 0. The lowest BCUT2D eigenvalue weighted by atomic mass is 10.0. The fraction of sp³-hybridized carbons (Fsp3) is 0.467. The highest BCUT2D eigenvalue weighted by atomic mass is 79.9. The minimum atomic E-state index is 0.0416. The van der Waals surface area contributed by atoms with Crippen LogP contribution in [0.2, 0.25) is 0 Å². The molecule has 2 fully saturated rings. The molecule has 2 heterocycles. The summed E-state index contributed by atoms with van der Waals surface area (Å²) in [5.41, 5.74) is 0.696. The third-order valence-corrected chi connectivity index (χ3v) is 4.63. The van der Waals surface area contributed by atoms with Crippen molar-refractivity contribution < 1.29 is 9.59 Å². The van der Waals surface area contributed by atoms with Gasteiger partial charge in [0.2, 0.25) is 5.91 Å². The highest BCUT2D eigenvalue weighted by molar-refractivity contribution is 9.10. The molecule has 112 valence electrons. The Kier molecular flexibility index (Phi) is 4.26. The van der Waals surface area contributed by atoms with Crippen LogP contribution < -0.4 is 5.32 Å². The Morgan fingerprint density at radius 3 is 2.10 bits per heavy atom. The van der Waals surface area contributed by atoms with Crippen LogP contribution in [0.3, 0.4) is 0 Å². The Morgan fingerprint density at radius 1 is 1.00 bits per heavy atom. The SMILES string of the molecule is O=C(c1ccc(Br)cc1)N1CCN(C(=O)C2CNC2)CC1. The average molecular weight is 352 g/mol. The molecule has 1 aromatic rings. The summed E-state index contributed by atoms with van der Waals surface area (Å²) in [4.78, 5) is 28.2. The Morgan fingerprint density at radius 2 is 1.57 bits per heavy atom. The molecule has 5 nitrogen and oxygen atoms in total. The van der Waals surface area contributed by atoms with Crippen LogP contribution >= 0.6 is 15.9 Å². The standard InChI is InChI=1S/C15H18BrN3O2/c16-13-3-1-11(2-4-13)14(20)18-5-7-19(8-6-18)15(21)12-9-17-10-12/h1-4,12,17H,5-10H2. The summed E-state index contributed by atoms with van der Waals surface area (Å²) in [6, 6.07) is 7.39. The topological polar surface area (TPSA) is 52.7 Å². The molecule has 0 bridgehead atoms. The van der Waals surface area contributed by atoms with Crippen molar-refractivity contribution in [2.24, 2.45) is 5.92 Å². The summed E-state index contributed by atoms with van der Waals surface area (Å²) in [5, 5.41) is 3.12. The van der Waals surface area contributed by atoms with Crippen molar-refractivity contribution in [3.63, 3.8) is 0 Å². The molecule has 2 aliphatic heterocycles. The summed E-state index contributed by atoms with van der Waals surface area (Å²) in [7, 11) is 0. The first kappa shape index (κ1) is 14.5. The van der Waals surface area contributed by atoms with E-state index in [1.807, 2.05) is 34.1 Å². The second kappa shape index (κ2) is 6.15. The highest BCUT2D eigenvalue weighted by Gasteiger charge is 2.32. The predicted molar refractivity (Wildman–Crippen MR) is 83.0 cm³/mol. The van der Waals surface area contributed by atoms with Gasteiger partial charge < -0.3 is 15.1 Å². The zero-order valence-corrected chi connectivity index (χ0v) is 13.3. The van der Waals surface area contributed by atoms with Crippen molar-refractivity contribution in [2.75, 3.05) is 39.3 Å². The van der Waals surface area contributed by atoms with Gasteiger partial charge in [-0.2, -0.15) is 0 Å². The van der Waals surface area contributed by atoms with Crippen molar-refractivity contribution in [1.29, 1.82) is 0 Å². The zero-order valence-electron chi connectivity index (χ0n) is 11.7. The molecule has 0 radical (unpaired) electrons. The molecule has 3 rings (SSSR count). The molecular weight excluding hydrogens is 334 g/mol. The fourth-order valence-corrected chi connectivity index (χ4v) is 2.89. The van der Waals surface area contributed by atoms with Gasteiger partial charge >= 0.3 is 0 Å². The first-order chi connectivity index (χ1) is 10.1. The van der Waals surface area contributed by atoms with Crippen molar-refractivity contribution in [3.05, 3.63) is 34.3 Å². The number of carbonyl (C=O) groups excluding carboxylic acids is 2. The van der Waals surface area contributed by atoms with Crippen LogP contribution in [-0.2, 0) is 4.79 Å². The molecule has 1 aromatic carbocycles. The van der Waals surface area contributed by atoms with Gasteiger partial charge in [0, 0.05) is 49.3 Å². The average Bonchev–Trinajstić information content (AvgIpc) is 2.46. The molecule has 2 aliphatic rings. The van der Waals surface area contributed by atoms with E-state index in [1.165, 1.54) is 0 Å². The van der Waals surface area contributed by atoms with Crippen molar-refractivity contribution in [1.82, 2.24) is 15.1 Å². The van der Waals surface area contributed by atoms with Gasteiger partial charge in [0.1, 0.15) is 0 Å². The van der Waals surface area contributed by atoms with Crippen LogP contribution in [0.15, 0.2) is 28.7 Å². The second-order valence-corrected chi connectivity index (χ2v) is 6.40. The van der Waals surface area contributed by atoms with E-state index in [1.54, 1.807) is 0 Å². The van der Waals surface area contributed by atoms with Crippen LogP contribution in [0.1, 0.15) is 10.4 Å². The van der Waals surface area contributed by atoms with Gasteiger partial charge in [0.05, 0.1) is 5.92 Å². The van der Waals surface area contributed by atoms with E-state index >= 15 is 0 Å². The van der Waals surface area contributed by atoms with Crippen LogP contribution in [0, 0.1) is 5.92 Å². The van der Waals surface area contributed by atoms with Crippen molar-refractivity contribution in [2.45, 2.75) is 0 Å². The third kappa shape index (κ3) is 3.11. The zero-order chi connectivity index (χ0) is 14.8. The van der Waals surface area contributed by atoms with Gasteiger partial charge in [-0.3, -0.25) is 9.59 Å². The first-order valence-corrected chi connectivity index (χ1v) is 7.99. The predicted octanol–water partition coefficient (Wildman–Crippen LogP) is 0.953. The van der Waals surface area contributed by atoms with Crippen LogP contribution in [-0.4, -0.2) is 60.9 Å². The van der Waals surface area contributed by atoms with Gasteiger partial charge in [-0.05, 0) is 24.3 Å². The summed E-state index contributed by atoms with van der Waals surface area (Å²) < 4.78 is 0.962. The Hall–Kier alpha value is -1.40. The minimum Gasteiger partial charge on any atom is -0.339 e. The highest BCUT2D eigenvalue weighted by Crippen LogP contribution is 2.15. The number of piperazine rings is 1. The van der Waals surface area contributed by atoms with Gasteiger partial charge in [-0.1, -0.05) is 15.9 Å². The molecule has 0 saturated carbocycles. The minimum absolute atomic E-state index is 0.0416. The smallest absolute Gasteiger partial charge is 0.253 e. The summed E-state index contributed by atoms with van der Waals surface area (Å²) in [5.74, 6) is 0.406. The van der Waals surface area contributed by atoms with E-state index in [4.69, 9.17) is 0 Å².